The van der Waals surface area contributed by atoms with Crippen molar-refractivity contribution in [1.29, 1.82) is 5.41 Å². The number of nitrogens with one attached hydrogen (secondary N) is 1. The van der Waals surface area contributed by atoms with Crippen LogP contribution < -0.4 is 5.73 Å². The van der Waals surface area contributed by atoms with E-state index in [1.165, 1.54) is 52.5 Å². The molecule has 1 unspecified atom stereocenters. The van der Waals surface area contributed by atoms with E-state index in [1.54, 1.807) is 0 Å². The van der Waals surface area contributed by atoms with Crippen LogP contribution in [0.15, 0.2) is 42.0 Å². The van der Waals surface area contributed by atoms with Crippen molar-refractivity contribution in [3.63, 3.8) is 0 Å². The zero-order valence-corrected chi connectivity index (χ0v) is 16.1. The lowest BCUT2D eigenvalue weighted by atomic mass is 9.61. The number of hydrogen-bond acceptors (Lipinski definition) is 2. The van der Waals surface area contributed by atoms with Crippen molar-refractivity contribution in [2.75, 3.05) is 0 Å². The van der Waals surface area contributed by atoms with Crippen LogP contribution in [0.3, 0.4) is 0 Å². The number of carbonyl (C=O) groups excluding carboxylic acids is 1. The third-order valence-electron chi connectivity index (χ3n) is 6.48. The van der Waals surface area contributed by atoms with Gasteiger partial charge in [0.15, 0.2) is 0 Å². The molecule has 3 nitrogen and oxygen atoms in total. The first-order valence-electron chi connectivity index (χ1n) is 9.72. The second kappa shape index (κ2) is 6.49. The van der Waals surface area contributed by atoms with Crippen LogP contribution in [-0.2, 0) is 11.8 Å². The maximum Gasteiger partial charge on any atom is 0.248 e. The molecule has 1 amide bonds. The fourth-order valence-electron chi connectivity index (χ4n) is 5.01. The third-order valence-corrected chi connectivity index (χ3v) is 6.48. The normalized spacial score (nSPS) is 21.4. The van der Waals surface area contributed by atoms with Crippen LogP contribution in [0.1, 0.15) is 70.8 Å². The van der Waals surface area contributed by atoms with Crippen molar-refractivity contribution in [2.24, 2.45) is 5.73 Å². The molecule has 27 heavy (non-hydrogen) atoms. The van der Waals surface area contributed by atoms with Crippen LogP contribution in [0.4, 0.5) is 0 Å². The van der Waals surface area contributed by atoms with Crippen molar-refractivity contribution in [1.82, 2.24) is 0 Å². The van der Waals surface area contributed by atoms with Gasteiger partial charge in [0.05, 0.1) is 0 Å². The largest absolute Gasteiger partial charge is 0.366 e. The monoisotopic (exact) mass is 358 g/mol. The smallest absolute Gasteiger partial charge is 0.248 e. The van der Waals surface area contributed by atoms with Crippen LogP contribution in [0.2, 0.25) is 0 Å². The first-order valence-corrected chi connectivity index (χ1v) is 9.72. The third kappa shape index (κ3) is 2.73. The first-order chi connectivity index (χ1) is 13.0. The minimum Gasteiger partial charge on any atom is -0.366 e. The van der Waals surface area contributed by atoms with E-state index < -0.39 is 0 Å². The van der Waals surface area contributed by atoms with Gasteiger partial charge in [0, 0.05) is 22.8 Å². The summed E-state index contributed by atoms with van der Waals surface area (Å²) in [6, 6.07) is 12.2. The summed E-state index contributed by atoms with van der Waals surface area (Å²) in [5.74, 6) is -0.385. The van der Waals surface area contributed by atoms with E-state index in [0.717, 1.165) is 24.8 Å². The first kappa shape index (κ1) is 17.7. The molecule has 0 bridgehead atoms. The molecule has 2 aliphatic carbocycles. The van der Waals surface area contributed by atoms with Gasteiger partial charge in [-0.15, -0.1) is 0 Å². The predicted molar refractivity (Wildman–Crippen MR) is 110 cm³/mol. The summed E-state index contributed by atoms with van der Waals surface area (Å²) in [5, 5.41) is 7.97. The second-order valence-electron chi connectivity index (χ2n) is 8.09. The van der Waals surface area contributed by atoms with Crippen LogP contribution in [0.25, 0.3) is 5.57 Å². The van der Waals surface area contributed by atoms with Crippen LogP contribution in [-0.4, -0.2) is 12.1 Å². The van der Waals surface area contributed by atoms with E-state index in [2.05, 4.69) is 38.1 Å². The number of benzene rings is 2. The molecule has 3 N–H and O–H groups in total. The van der Waals surface area contributed by atoms with E-state index >= 15 is 0 Å². The molecular formula is C24H26N2O. The van der Waals surface area contributed by atoms with Gasteiger partial charge in [-0.2, -0.15) is 0 Å². The Labute approximate surface area is 160 Å². The van der Waals surface area contributed by atoms with Gasteiger partial charge in [-0.1, -0.05) is 36.8 Å². The van der Waals surface area contributed by atoms with E-state index in [0.29, 0.717) is 5.56 Å². The summed E-state index contributed by atoms with van der Waals surface area (Å²) in [6.07, 6.45) is 7.07. The lowest BCUT2D eigenvalue weighted by Crippen LogP contribution is -2.34. The number of nitrogens with two attached hydrogens (primary N) is 1. The molecule has 1 atom stereocenters. The zero-order chi connectivity index (χ0) is 19.2. The summed E-state index contributed by atoms with van der Waals surface area (Å²) < 4.78 is 0. The molecule has 0 saturated carbocycles. The Balaban J connectivity index is 1.92. The highest BCUT2D eigenvalue weighted by Gasteiger charge is 2.39. The fraction of sp³-hybridized carbons (Fsp3) is 0.333. The minimum absolute atomic E-state index is 0.0759. The molecule has 3 heteroatoms. The molecule has 0 aliphatic heterocycles. The molecule has 4 rings (SSSR count). The molecule has 138 valence electrons. The molecule has 0 aromatic heterocycles. The summed E-state index contributed by atoms with van der Waals surface area (Å²) in [7, 11) is 0. The van der Waals surface area contributed by atoms with Gasteiger partial charge in [-0.05, 0) is 79.0 Å². The topological polar surface area (TPSA) is 66.9 Å². The molecule has 0 heterocycles. The van der Waals surface area contributed by atoms with Crippen LogP contribution >= 0.6 is 0 Å². The van der Waals surface area contributed by atoms with Crippen molar-refractivity contribution in [3.8, 4) is 0 Å². The number of amides is 1. The summed E-state index contributed by atoms with van der Waals surface area (Å²) in [4.78, 5) is 11.5. The maximum atomic E-state index is 11.5. The van der Waals surface area contributed by atoms with Gasteiger partial charge >= 0.3 is 0 Å². The lowest BCUT2D eigenvalue weighted by molar-refractivity contribution is 0.1000. The molecular weight excluding hydrogens is 332 g/mol. The molecule has 0 fully saturated rings. The van der Waals surface area contributed by atoms with Crippen molar-refractivity contribution < 1.29 is 4.79 Å². The molecule has 0 radical (unpaired) electrons. The summed E-state index contributed by atoms with van der Waals surface area (Å²) in [5.41, 5.74) is 15.0. The average molecular weight is 358 g/mol. The molecule has 2 aromatic rings. The number of allylic oxidation sites excluding steroid dienone is 2. The Morgan fingerprint density at radius 2 is 1.81 bits per heavy atom. The Hall–Kier alpha value is -2.68. The van der Waals surface area contributed by atoms with Gasteiger partial charge in [-0.3, -0.25) is 4.79 Å². The van der Waals surface area contributed by atoms with Gasteiger partial charge in [0.25, 0.3) is 0 Å². The standard InChI is InChI=1S/C24H26N2O/c1-15-7-8-17-13-24(2,18-11-9-16(10-12-18)23(26)27)21-6-4-3-5-19(21)22(17)20(15)14-25/h7-12,14,25H,3-6,13H2,1-2H3,(H2,26,27). The minimum atomic E-state index is -0.385. The molecule has 0 spiro atoms. The number of primary amides is 1. The average Bonchev–Trinajstić information content (AvgIpc) is 2.68. The molecule has 2 aromatic carbocycles. The predicted octanol–water partition coefficient (Wildman–Crippen LogP) is 4.93. The number of hydrogen-bond donors (Lipinski definition) is 2. The van der Waals surface area contributed by atoms with E-state index in [4.69, 9.17) is 11.1 Å². The van der Waals surface area contributed by atoms with E-state index in [-0.39, 0.29) is 11.3 Å². The van der Waals surface area contributed by atoms with Gasteiger partial charge in [0.2, 0.25) is 5.91 Å². The Kier molecular flexibility index (Phi) is 4.26. The van der Waals surface area contributed by atoms with Crippen LogP contribution in [0.5, 0.6) is 0 Å². The van der Waals surface area contributed by atoms with E-state index in [9.17, 15) is 4.79 Å². The summed E-state index contributed by atoms with van der Waals surface area (Å²) in [6.45, 7) is 4.43. The van der Waals surface area contributed by atoms with Crippen molar-refractivity contribution in [2.45, 2.75) is 51.4 Å². The lowest BCUT2D eigenvalue weighted by Gasteiger charge is -2.43. The highest BCUT2D eigenvalue weighted by molar-refractivity contribution is 5.93. The number of fused-ring (bicyclic) bond motifs is 2. The Morgan fingerprint density at radius 1 is 1.11 bits per heavy atom. The highest BCUT2D eigenvalue weighted by Crippen LogP contribution is 2.51. The van der Waals surface area contributed by atoms with Gasteiger partial charge in [0.1, 0.15) is 0 Å². The van der Waals surface area contributed by atoms with Crippen LogP contribution in [0, 0.1) is 12.3 Å². The van der Waals surface area contributed by atoms with Crippen molar-refractivity contribution >= 4 is 17.7 Å². The fourth-order valence-corrected chi connectivity index (χ4v) is 5.01. The number of rotatable bonds is 3. The molecule has 0 saturated heterocycles. The molecule has 2 aliphatic rings. The zero-order valence-electron chi connectivity index (χ0n) is 16.1. The van der Waals surface area contributed by atoms with Gasteiger partial charge in [-0.25, -0.2) is 0 Å². The highest BCUT2D eigenvalue weighted by atomic mass is 16.1. The Morgan fingerprint density at radius 3 is 2.48 bits per heavy atom. The summed E-state index contributed by atoms with van der Waals surface area (Å²) >= 11 is 0. The second-order valence-corrected chi connectivity index (χ2v) is 8.09. The van der Waals surface area contributed by atoms with E-state index in [1.807, 2.05) is 12.1 Å². The van der Waals surface area contributed by atoms with Gasteiger partial charge < -0.3 is 11.1 Å². The number of aryl methyl sites for hydroxylation is 1. The van der Waals surface area contributed by atoms with Crippen molar-refractivity contribution in [3.05, 3.63) is 75.4 Å². The number of carbonyl (C=O) groups is 1. The quantitative estimate of drug-likeness (QED) is 0.750. The SMILES string of the molecule is Cc1ccc2c(c1C=N)C1=C(CCCC1)C(C)(c1ccc(C(N)=O)cc1)C2. The Bertz CT molecular complexity index is 969. The maximum absolute atomic E-state index is 11.5.